The zero-order valence-electron chi connectivity index (χ0n) is 32.5. The van der Waals surface area contributed by atoms with E-state index >= 15 is 0 Å². The molecular weight excluding hydrogens is 671 g/mol. The Morgan fingerprint density at radius 3 is 2.09 bits per heavy atom. The van der Waals surface area contributed by atoms with Crippen LogP contribution in [0.2, 0.25) is 6.82 Å². The molecule has 0 unspecified atom stereocenters. The van der Waals surface area contributed by atoms with Crippen LogP contribution in [0.3, 0.4) is 0 Å². The summed E-state index contributed by atoms with van der Waals surface area (Å²) in [5.41, 5.74) is 15.7. The second kappa shape index (κ2) is 11.6. The molecule has 2 aromatic heterocycles. The van der Waals surface area contributed by atoms with Gasteiger partial charge in [-0.25, -0.2) is 0 Å². The lowest BCUT2D eigenvalue weighted by molar-refractivity contribution is 0.590. The summed E-state index contributed by atoms with van der Waals surface area (Å²) in [6.07, 6.45) is 0. The van der Waals surface area contributed by atoms with Gasteiger partial charge in [0, 0.05) is 59.1 Å². The second-order valence-electron chi connectivity index (χ2n) is 17.6. The first kappa shape index (κ1) is 33.3. The minimum absolute atomic E-state index is 0.0508. The quantitative estimate of drug-likeness (QED) is 0.180. The van der Waals surface area contributed by atoms with Gasteiger partial charge in [-0.3, -0.25) is 0 Å². The highest BCUT2D eigenvalue weighted by molar-refractivity contribution is 7.26. The van der Waals surface area contributed by atoms with Gasteiger partial charge in [0.05, 0.1) is 5.52 Å². The number of hydrogen-bond donors (Lipinski definition) is 1. The maximum absolute atomic E-state index is 3.97. The molecule has 1 aliphatic rings. The summed E-state index contributed by atoms with van der Waals surface area (Å²) in [6, 6.07) is 46.1. The largest absolute Gasteiger partial charge is 0.355 e. The molecule has 0 atom stereocenters. The number of anilines is 2. The van der Waals surface area contributed by atoms with Crippen molar-refractivity contribution in [3.8, 4) is 16.8 Å². The number of hydrogen-bond acceptors (Lipinski definition) is 2. The zero-order valence-corrected chi connectivity index (χ0v) is 33.3. The minimum atomic E-state index is 0.0508. The molecule has 0 radical (unpaired) electrons. The highest BCUT2D eigenvalue weighted by atomic mass is 32.1. The van der Waals surface area contributed by atoms with E-state index < -0.39 is 0 Å². The van der Waals surface area contributed by atoms with Crippen molar-refractivity contribution in [1.29, 1.82) is 0 Å². The molecule has 1 N–H and O–H groups in total. The number of aromatic nitrogens is 1. The molecule has 0 saturated carbocycles. The molecule has 4 heteroatoms. The molecule has 0 bridgehead atoms. The highest BCUT2D eigenvalue weighted by Crippen LogP contribution is 2.45. The molecule has 7 aromatic carbocycles. The number of fused-ring (bicyclic) bond motifs is 10. The second-order valence-corrected chi connectivity index (χ2v) is 18.6. The molecule has 0 spiro atoms. The van der Waals surface area contributed by atoms with E-state index in [0.29, 0.717) is 0 Å². The Hall–Kier alpha value is -5.32. The smallest absolute Gasteiger partial charge is 0.212 e. The molecule has 2 nitrogen and oxygen atoms in total. The monoisotopic (exact) mass is 716 g/mol. The van der Waals surface area contributed by atoms with Crippen LogP contribution in [-0.2, 0) is 10.8 Å². The van der Waals surface area contributed by atoms with Crippen LogP contribution < -0.4 is 16.2 Å². The fraction of sp³-hybridized carbons (Fsp3) is 0.200. The number of benzene rings is 7. The summed E-state index contributed by atoms with van der Waals surface area (Å²) < 4.78 is 5.24. The average molecular weight is 717 g/mol. The SMILES string of the molecule is CB1c2cc(C(C)(C)C)ccc2-n2c3ccccc3c3c(C)cc(-c4cc5sc6c7ccccc7ccc6c5cc4Nc4ccc(C(C)(C)C)cc4)c1c32. The fourth-order valence-electron chi connectivity index (χ4n) is 9.11. The summed E-state index contributed by atoms with van der Waals surface area (Å²) >= 11 is 1.92. The summed E-state index contributed by atoms with van der Waals surface area (Å²) in [5, 5.41) is 11.9. The molecule has 10 rings (SSSR count). The first-order valence-electron chi connectivity index (χ1n) is 19.3. The summed E-state index contributed by atoms with van der Waals surface area (Å²) in [7, 11) is 0. The first-order valence-corrected chi connectivity index (χ1v) is 20.2. The predicted molar refractivity (Wildman–Crippen MR) is 239 cm³/mol. The van der Waals surface area contributed by atoms with Crippen LogP contribution in [0.4, 0.5) is 11.4 Å². The molecule has 0 amide bonds. The molecule has 54 heavy (non-hydrogen) atoms. The van der Waals surface area contributed by atoms with E-state index in [4.69, 9.17) is 0 Å². The van der Waals surface area contributed by atoms with Crippen LogP contribution in [0.15, 0.2) is 121 Å². The summed E-state index contributed by atoms with van der Waals surface area (Å²) in [5.74, 6) is 0. The van der Waals surface area contributed by atoms with Crippen molar-refractivity contribution in [2.75, 3.05) is 5.32 Å². The van der Waals surface area contributed by atoms with Crippen LogP contribution in [0, 0.1) is 6.92 Å². The van der Waals surface area contributed by atoms with E-state index in [1.54, 1.807) is 0 Å². The maximum Gasteiger partial charge on any atom is 0.212 e. The van der Waals surface area contributed by atoms with Crippen LogP contribution >= 0.6 is 11.3 Å². The van der Waals surface area contributed by atoms with E-state index in [-0.39, 0.29) is 17.5 Å². The Kier molecular flexibility index (Phi) is 7.14. The number of aryl methyl sites for hydroxylation is 1. The van der Waals surface area contributed by atoms with Gasteiger partial charge in [0.1, 0.15) is 0 Å². The van der Waals surface area contributed by atoms with Crippen molar-refractivity contribution >= 4 is 93.1 Å². The lowest BCUT2D eigenvalue weighted by atomic mass is 9.39. The first-order chi connectivity index (χ1) is 25.9. The Labute approximate surface area is 322 Å². The van der Waals surface area contributed by atoms with Crippen molar-refractivity contribution in [1.82, 2.24) is 4.57 Å². The Bertz CT molecular complexity index is 3000. The molecular formula is C50H45BN2S. The van der Waals surface area contributed by atoms with Gasteiger partial charge >= 0.3 is 0 Å². The lowest BCUT2D eigenvalue weighted by Crippen LogP contribution is -2.47. The van der Waals surface area contributed by atoms with Gasteiger partial charge < -0.3 is 9.88 Å². The van der Waals surface area contributed by atoms with E-state index in [0.717, 1.165) is 11.4 Å². The number of nitrogens with one attached hydrogen (secondary N) is 1. The zero-order chi connectivity index (χ0) is 37.3. The fourth-order valence-corrected chi connectivity index (χ4v) is 10.4. The Morgan fingerprint density at radius 2 is 1.33 bits per heavy atom. The minimum Gasteiger partial charge on any atom is -0.355 e. The van der Waals surface area contributed by atoms with Gasteiger partial charge in [-0.2, -0.15) is 0 Å². The van der Waals surface area contributed by atoms with Crippen LogP contribution in [-0.4, -0.2) is 11.3 Å². The van der Waals surface area contributed by atoms with E-state index in [1.165, 1.54) is 97.2 Å². The molecule has 3 heterocycles. The van der Waals surface area contributed by atoms with Gasteiger partial charge in [-0.15, -0.1) is 11.3 Å². The van der Waals surface area contributed by atoms with E-state index in [2.05, 4.69) is 187 Å². The van der Waals surface area contributed by atoms with Gasteiger partial charge in [0.2, 0.25) is 6.71 Å². The molecule has 9 aromatic rings. The molecule has 0 saturated heterocycles. The van der Waals surface area contributed by atoms with E-state index in [1.807, 2.05) is 11.3 Å². The van der Waals surface area contributed by atoms with Crippen molar-refractivity contribution in [2.24, 2.45) is 0 Å². The summed E-state index contributed by atoms with van der Waals surface area (Å²) in [4.78, 5) is 0. The third kappa shape index (κ3) is 4.92. The average Bonchev–Trinajstić information content (AvgIpc) is 3.70. The number of nitrogens with zero attached hydrogens (tertiary/aromatic N) is 1. The van der Waals surface area contributed by atoms with Gasteiger partial charge in [-0.05, 0) is 92.6 Å². The number of para-hydroxylation sites is 1. The highest BCUT2D eigenvalue weighted by Gasteiger charge is 2.34. The normalized spacial score (nSPS) is 13.1. The van der Waals surface area contributed by atoms with Crippen molar-refractivity contribution < 1.29 is 0 Å². The third-order valence-corrected chi connectivity index (χ3v) is 13.2. The molecule has 1 aliphatic heterocycles. The summed E-state index contributed by atoms with van der Waals surface area (Å²) in [6.45, 7) is 18.7. The van der Waals surface area contributed by atoms with Crippen LogP contribution in [0.1, 0.15) is 58.2 Å². The predicted octanol–water partition coefficient (Wildman–Crippen LogP) is 13.2. The van der Waals surface area contributed by atoms with Gasteiger partial charge in [0.15, 0.2) is 0 Å². The van der Waals surface area contributed by atoms with Crippen molar-refractivity contribution in [3.05, 3.63) is 138 Å². The topological polar surface area (TPSA) is 17.0 Å². The van der Waals surface area contributed by atoms with Gasteiger partial charge in [0.25, 0.3) is 0 Å². The maximum atomic E-state index is 3.97. The van der Waals surface area contributed by atoms with E-state index in [9.17, 15) is 0 Å². The number of rotatable bonds is 3. The molecule has 264 valence electrons. The Balaban J connectivity index is 1.29. The molecule has 0 fully saturated rings. The van der Waals surface area contributed by atoms with Crippen LogP contribution in [0.25, 0.3) is 69.6 Å². The molecule has 0 aliphatic carbocycles. The van der Waals surface area contributed by atoms with Gasteiger partial charge in [-0.1, -0.05) is 139 Å². The standard InChI is InChI=1S/C50H45BN2S/c1-29-25-39(46-47-45(29)36-15-11-12-16-42(36)53(47)43-24-20-32(50(5,6)7)26-40(43)51(46)8)37-28-44-38(35-23-17-30-13-9-10-14-34(30)48(35)54-44)27-41(37)52-33-21-18-31(19-22-33)49(2,3)4/h9-28,52H,1-8H3. The van der Waals surface area contributed by atoms with Crippen LogP contribution in [0.5, 0.6) is 0 Å². The van der Waals surface area contributed by atoms with Crippen molar-refractivity contribution in [2.45, 2.75) is 66.1 Å². The third-order valence-electron chi connectivity index (χ3n) is 12.0. The Morgan fingerprint density at radius 1 is 0.630 bits per heavy atom. The lowest BCUT2D eigenvalue weighted by Gasteiger charge is -2.30. The van der Waals surface area contributed by atoms with Crippen molar-refractivity contribution in [3.63, 3.8) is 0 Å². The number of thiophene rings is 1.